The second kappa shape index (κ2) is 6.61. The molecule has 0 amide bonds. The van der Waals surface area contributed by atoms with E-state index >= 15 is 0 Å². The number of hydrogen-bond donors (Lipinski definition) is 3. The number of aliphatic carboxylic acids is 1. The van der Waals surface area contributed by atoms with Crippen LogP contribution in [0.25, 0.3) is 0 Å². The van der Waals surface area contributed by atoms with Gasteiger partial charge in [-0.05, 0) is 12.1 Å². The van der Waals surface area contributed by atoms with E-state index in [2.05, 4.69) is 10.6 Å². The Balaban J connectivity index is 2.03. The highest BCUT2D eigenvalue weighted by Crippen LogP contribution is 2.43. The normalized spacial score (nSPS) is 23.4. The number of halogens is 3. The van der Waals surface area contributed by atoms with Crippen molar-refractivity contribution in [2.45, 2.75) is 17.2 Å². The molecule has 3 rings (SSSR count). The Morgan fingerprint density at radius 3 is 2.40 bits per heavy atom. The van der Waals surface area contributed by atoms with E-state index in [1.807, 2.05) is 0 Å². The minimum Gasteiger partial charge on any atom is -0.480 e. The van der Waals surface area contributed by atoms with Crippen molar-refractivity contribution < 1.29 is 23.1 Å². The van der Waals surface area contributed by atoms with Crippen LogP contribution in [0.3, 0.4) is 0 Å². The van der Waals surface area contributed by atoms with Crippen LogP contribution >= 0.6 is 11.8 Å². The summed E-state index contributed by atoms with van der Waals surface area (Å²) < 4.78 is 39.9. The molecule has 1 aliphatic heterocycles. The molecule has 1 saturated heterocycles. The molecule has 1 fully saturated rings. The Morgan fingerprint density at radius 1 is 1.16 bits per heavy atom. The molecule has 25 heavy (non-hydrogen) atoms. The third-order valence-electron chi connectivity index (χ3n) is 3.87. The predicted molar refractivity (Wildman–Crippen MR) is 90.2 cm³/mol. The van der Waals surface area contributed by atoms with Gasteiger partial charge in [0.2, 0.25) is 0 Å². The molecule has 132 valence electrons. The molecule has 0 aromatic heterocycles. The van der Waals surface area contributed by atoms with Gasteiger partial charge in [-0.3, -0.25) is 10.1 Å². The van der Waals surface area contributed by atoms with Crippen LogP contribution in [0, 0.1) is 0 Å². The van der Waals surface area contributed by atoms with Crippen LogP contribution in [-0.4, -0.2) is 22.9 Å². The van der Waals surface area contributed by atoms with Gasteiger partial charge in [0.15, 0.2) is 4.99 Å². The van der Waals surface area contributed by atoms with Crippen molar-refractivity contribution >= 4 is 23.4 Å². The van der Waals surface area contributed by atoms with Crippen LogP contribution in [0.15, 0.2) is 54.6 Å². The summed E-state index contributed by atoms with van der Waals surface area (Å²) in [5, 5.41) is 15.1. The SMILES string of the molecule is O=C(O)[C@@H]1CSC(Nc2ccccc2C(F)(F)F)(c2ccccc2)N1. The average molecular weight is 368 g/mol. The van der Waals surface area contributed by atoms with Gasteiger partial charge in [-0.15, -0.1) is 11.8 Å². The van der Waals surface area contributed by atoms with Crippen LogP contribution in [0.1, 0.15) is 11.1 Å². The summed E-state index contributed by atoms with van der Waals surface area (Å²) >= 11 is 1.22. The zero-order chi connectivity index (χ0) is 18.1. The van der Waals surface area contributed by atoms with Gasteiger partial charge < -0.3 is 10.4 Å². The lowest BCUT2D eigenvalue weighted by Gasteiger charge is -2.33. The molecule has 2 aromatic rings. The number of rotatable bonds is 4. The van der Waals surface area contributed by atoms with Crippen LogP contribution in [0.2, 0.25) is 0 Å². The van der Waals surface area contributed by atoms with Gasteiger partial charge in [-0.1, -0.05) is 42.5 Å². The maximum atomic E-state index is 13.3. The number of alkyl halides is 3. The number of anilines is 1. The Morgan fingerprint density at radius 2 is 1.80 bits per heavy atom. The Hall–Kier alpha value is -2.19. The first kappa shape index (κ1) is 17.6. The molecule has 1 aliphatic rings. The molecule has 4 nitrogen and oxygen atoms in total. The third-order valence-corrected chi connectivity index (χ3v) is 5.25. The molecule has 0 aliphatic carbocycles. The summed E-state index contributed by atoms with van der Waals surface area (Å²) in [7, 11) is 0. The van der Waals surface area contributed by atoms with E-state index in [0.29, 0.717) is 5.56 Å². The zero-order valence-corrected chi connectivity index (χ0v) is 13.7. The van der Waals surface area contributed by atoms with Gasteiger partial charge in [-0.2, -0.15) is 13.2 Å². The summed E-state index contributed by atoms with van der Waals surface area (Å²) in [4.78, 5) is 10.2. The van der Waals surface area contributed by atoms with E-state index in [1.54, 1.807) is 30.3 Å². The Labute approximate surface area is 146 Å². The van der Waals surface area contributed by atoms with Crippen molar-refractivity contribution in [3.05, 3.63) is 65.7 Å². The zero-order valence-electron chi connectivity index (χ0n) is 12.9. The van der Waals surface area contributed by atoms with Gasteiger partial charge in [0.05, 0.1) is 5.56 Å². The first-order chi connectivity index (χ1) is 11.8. The molecule has 8 heteroatoms. The average Bonchev–Trinajstić information content (AvgIpc) is 3.01. The van der Waals surface area contributed by atoms with E-state index in [9.17, 15) is 23.1 Å². The quantitative estimate of drug-likeness (QED) is 0.768. The van der Waals surface area contributed by atoms with Gasteiger partial charge in [0.1, 0.15) is 6.04 Å². The van der Waals surface area contributed by atoms with Crippen molar-refractivity contribution in [1.29, 1.82) is 0 Å². The summed E-state index contributed by atoms with van der Waals surface area (Å²) in [5.41, 5.74) is -0.253. The van der Waals surface area contributed by atoms with Crippen LogP contribution in [0.4, 0.5) is 18.9 Å². The van der Waals surface area contributed by atoms with Crippen molar-refractivity contribution in [3.8, 4) is 0 Å². The van der Waals surface area contributed by atoms with Gasteiger partial charge >= 0.3 is 12.1 Å². The van der Waals surface area contributed by atoms with Crippen molar-refractivity contribution in [1.82, 2.24) is 5.32 Å². The van der Waals surface area contributed by atoms with Crippen LogP contribution < -0.4 is 10.6 Å². The molecule has 2 aromatic carbocycles. The van der Waals surface area contributed by atoms with Gasteiger partial charge in [-0.25, -0.2) is 0 Å². The van der Waals surface area contributed by atoms with E-state index in [4.69, 9.17) is 0 Å². The summed E-state index contributed by atoms with van der Waals surface area (Å²) in [6, 6.07) is 13.1. The first-order valence-electron chi connectivity index (χ1n) is 7.46. The van der Waals surface area contributed by atoms with Gasteiger partial charge in [0.25, 0.3) is 0 Å². The second-order valence-corrected chi connectivity index (χ2v) is 6.80. The number of carbonyl (C=O) groups is 1. The minimum absolute atomic E-state index is 0.107. The molecule has 1 unspecified atom stereocenters. The predicted octanol–water partition coefficient (Wildman–Crippen LogP) is 3.72. The number of benzene rings is 2. The Kier molecular flexibility index (Phi) is 4.66. The largest absolute Gasteiger partial charge is 0.480 e. The van der Waals surface area contributed by atoms with Gasteiger partial charge in [0, 0.05) is 17.0 Å². The van der Waals surface area contributed by atoms with E-state index in [-0.39, 0.29) is 11.4 Å². The lowest BCUT2D eigenvalue weighted by molar-refractivity contribution is -0.139. The number of nitrogens with one attached hydrogen (secondary N) is 2. The summed E-state index contributed by atoms with van der Waals surface area (Å²) in [5.74, 6) is -0.818. The lowest BCUT2D eigenvalue weighted by Crippen LogP contribution is -2.48. The molecule has 0 saturated carbocycles. The number of hydrogen-bond acceptors (Lipinski definition) is 4. The number of thioether (sulfide) groups is 1. The molecule has 2 atom stereocenters. The Bertz CT molecular complexity index is 770. The fourth-order valence-corrected chi connectivity index (χ4v) is 4.04. The number of carboxylic acids is 1. The first-order valence-corrected chi connectivity index (χ1v) is 8.45. The van der Waals surface area contributed by atoms with E-state index < -0.39 is 28.7 Å². The van der Waals surface area contributed by atoms with Crippen LogP contribution in [-0.2, 0) is 16.0 Å². The fourth-order valence-electron chi connectivity index (χ4n) is 2.68. The van der Waals surface area contributed by atoms with Crippen molar-refractivity contribution in [2.24, 2.45) is 0 Å². The molecule has 0 bridgehead atoms. The minimum atomic E-state index is -4.52. The number of carboxylic acid groups (broad SMARTS) is 1. The lowest BCUT2D eigenvalue weighted by atomic mass is 10.1. The maximum absolute atomic E-state index is 13.3. The monoisotopic (exact) mass is 368 g/mol. The molecule has 0 spiro atoms. The van der Waals surface area contributed by atoms with E-state index in [1.165, 1.54) is 30.0 Å². The standard InChI is InChI=1S/C17H15F3N2O2S/c18-16(19,20)12-8-4-5-9-13(12)21-17(11-6-2-1-3-7-11)22-14(10-25-17)15(23)24/h1-9,14,21-22H,10H2,(H,23,24)/t14-,17?/m0/s1. The molecule has 3 N–H and O–H groups in total. The van der Waals surface area contributed by atoms with Crippen molar-refractivity contribution in [2.75, 3.05) is 11.1 Å². The molecular formula is C17H15F3N2O2S. The van der Waals surface area contributed by atoms with Crippen LogP contribution in [0.5, 0.6) is 0 Å². The highest BCUT2D eigenvalue weighted by atomic mass is 32.2. The molecule has 1 heterocycles. The highest BCUT2D eigenvalue weighted by molar-refractivity contribution is 8.00. The number of para-hydroxylation sites is 1. The topological polar surface area (TPSA) is 61.4 Å². The third kappa shape index (κ3) is 3.59. The summed E-state index contributed by atoms with van der Waals surface area (Å²) in [6.07, 6.45) is -4.52. The molecule has 0 radical (unpaired) electrons. The highest BCUT2D eigenvalue weighted by Gasteiger charge is 2.45. The fraction of sp³-hybridized carbons (Fsp3) is 0.235. The van der Waals surface area contributed by atoms with Crippen molar-refractivity contribution in [3.63, 3.8) is 0 Å². The second-order valence-electron chi connectivity index (χ2n) is 5.56. The molecular weight excluding hydrogens is 353 g/mol. The maximum Gasteiger partial charge on any atom is 0.418 e. The summed E-state index contributed by atoms with van der Waals surface area (Å²) in [6.45, 7) is 0. The van der Waals surface area contributed by atoms with E-state index in [0.717, 1.165) is 6.07 Å². The smallest absolute Gasteiger partial charge is 0.418 e.